The van der Waals surface area contributed by atoms with Crippen molar-refractivity contribution < 1.29 is 22.7 Å². The summed E-state index contributed by atoms with van der Waals surface area (Å²) < 4.78 is 31.8. The van der Waals surface area contributed by atoms with Crippen molar-refractivity contribution in [1.29, 1.82) is 0 Å². The number of carbonyl (C=O) groups excluding carboxylic acids is 2. The van der Waals surface area contributed by atoms with Crippen LogP contribution in [0.2, 0.25) is 0 Å². The van der Waals surface area contributed by atoms with Gasteiger partial charge in [0.2, 0.25) is 10.0 Å². The highest BCUT2D eigenvalue weighted by Gasteiger charge is 2.26. The number of rotatable bonds is 6. The van der Waals surface area contributed by atoms with Crippen LogP contribution in [0.5, 0.6) is 0 Å². The van der Waals surface area contributed by atoms with E-state index in [4.69, 9.17) is 10.5 Å². The first kappa shape index (κ1) is 20.8. The van der Waals surface area contributed by atoms with Crippen molar-refractivity contribution in [3.05, 3.63) is 59.7 Å². The number of benzene rings is 2. The summed E-state index contributed by atoms with van der Waals surface area (Å²) in [6.45, 7) is 1.68. The third kappa shape index (κ3) is 5.31. The number of hydrogen-bond acceptors (Lipinski definition) is 5. The number of morpholine rings is 1. The highest BCUT2D eigenvalue weighted by molar-refractivity contribution is 7.89. The molecule has 3 rings (SSSR count). The number of amides is 3. The first-order chi connectivity index (χ1) is 13.9. The second kappa shape index (κ2) is 9.03. The molecule has 2 aromatic rings. The van der Waals surface area contributed by atoms with Gasteiger partial charge < -0.3 is 21.1 Å². The Kier molecular flexibility index (Phi) is 6.47. The molecule has 154 valence electrons. The van der Waals surface area contributed by atoms with E-state index in [0.29, 0.717) is 37.6 Å². The molecule has 10 heteroatoms. The van der Waals surface area contributed by atoms with Gasteiger partial charge in [-0.2, -0.15) is 4.31 Å². The predicted octanol–water partition coefficient (Wildman–Crippen LogP) is 1.13. The van der Waals surface area contributed by atoms with Crippen LogP contribution in [0.15, 0.2) is 53.4 Å². The van der Waals surface area contributed by atoms with E-state index in [9.17, 15) is 18.0 Å². The standard InChI is InChI=1S/C19H22N4O5S/c20-19(25)22-16-3-1-2-15(12-16)18(24)21-13-14-4-6-17(7-5-14)29(26,27)23-8-10-28-11-9-23/h1-7,12H,8-11,13H2,(H,21,24)(H3,20,22,25). The maximum atomic E-state index is 12.6. The first-order valence-electron chi connectivity index (χ1n) is 8.98. The molecule has 0 saturated carbocycles. The van der Waals surface area contributed by atoms with Crippen molar-refractivity contribution in [3.8, 4) is 0 Å². The van der Waals surface area contributed by atoms with Crippen LogP contribution in [0.25, 0.3) is 0 Å². The average molecular weight is 418 g/mol. The van der Waals surface area contributed by atoms with Crippen molar-refractivity contribution >= 4 is 27.6 Å². The lowest BCUT2D eigenvalue weighted by Gasteiger charge is -2.26. The summed E-state index contributed by atoms with van der Waals surface area (Å²) in [5, 5.41) is 5.17. The van der Waals surface area contributed by atoms with Gasteiger partial charge in [0.15, 0.2) is 0 Å². The van der Waals surface area contributed by atoms with Gasteiger partial charge in [-0.05, 0) is 35.9 Å². The van der Waals surface area contributed by atoms with E-state index in [1.807, 2.05) is 0 Å². The summed E-state index contributed by atoms with van der Waals surface area (Å²) >= 11 is 0. The molecular formula is C19H22N4O5S. The maximum Gasteiger partial charge on any atom is 0.316 e. The van der Waals surface area contributed by atoms with Crippen LogP contribution < -0.4 is 16.4 Å². The molecule has 0 atom stereocenters. The van der Waals surface area contributed by atoms with Gasteiger partial charge in [0, 0.05) is 30.9 Å². The molecule has 0 bridgehead atoms. The van der Waals surface area contributed by atoms with Crippen LogP contribution in [-0.2, 0) is 21.3 Å². The molecule has 1 heterocycles. The van der Waals surface area contributed by atoms with Gasteiger partial charge in [0.25, 0.3) is 5.91 Å². The first-order valence-corrected chi connectivity index (χ1v) is 10.4. The maximum absolute atomic E-state index is 12.6. The molecule has 0 aliphatic carbocycles. The lowest BCUT2D eigenvalue weighted by molar-refractivity contribution is 0.0730. The van der Waals surface area contributed by atoms with Crippen LogP contribution in [0.3, 0.4) is 0 Å². The third-order valence-corrected chi connectivity index (χ3v) is 6.29. The lowest BCUT2D eigenvalue weighted by Crippen LogP contribution is -2.40. The van der Waals surface area contributed by atoms with Gasteiger partial charge in [-0.25, -0.2) is 13.2 Å². The molecule has 0 spiro atoms. The van der Waals surface area contributed by atoms with E-state index < -0.39 is 16.1 Å². The number of sulfonamides is 1. The zero-order chi connectivity index (χ0) is 20.9. The van der Waals surface area contributed by atoms with Gasteiger partial charge in [-0.1, -0.05) is 18.2 Å². The Bertz CT molecular complexity index is 986. The Hall–Kier alpha value is -2.95. The monoisotopic (exact) mass is 418 g/mol. The van der Waals surface area contributed by atoms with E-state index >= 15 is 0 Å². The number of urea groups is 1. The van der Waals surface area contributed by atoms with E-state index in [-0.39, 0.29) is 17.3 Å². The van der Waals surface area contributed by atoms with E-state index in [0.717, 1.165) is 5.56 Å². The minimum absolute atomic E-state index is 0.208. The second-order valence-electron chi connectivity index (χ2n) is 6.41. The molecular weight excluding hydrogens is 396 g/mol. The predicted molar refractivity (Wildman–Crippen MR) is 107 cm³/mol. The summed E-state index contributed by atoms with van der Waals surface area (Å²) in [4.78, 5) is 23.4. The van der Waals surface area contributed by atoms with E-state index in [2.05, 4.69) is 10.6 Å². The molecule has 0 aromatic heterocycles. The van der Waals surface area contributed by atoms with E-state index in [1.165, 1.54) is 22.5 Å². The zero-order valence-electron chi connectivity index (χ0n) is 15.6. The molecule has 3 amide bonds. The summed E-state index contributed by atoms with van der Waals surface area (Å²) in [6, 6.07) is 12.1. The molecule has 1 aliphatic heterocycles. The van der Waals surface area contributed by atoms with Crippen molar-refractivity contribution in [1.82, 2.24) is 9.62 Å². The zero-order valence-corrected chi connectivity index (χ0v) is 16.4. The lowest BCUT2D eigenvalue weighted by atomic mass is 10.1. The Morgan fingerprint density at radius 3 is 2.41 bits per heavy atom. The third-order valence-electron chi connectivity index (χ3n) is 4.38. The smallest absolute Gasteiger partial charge is 0.316 e. The van der Waals surface area contributed by atoms with Crippen LogP contribution in [0.4, 0.5) is 10.5 Å². The summed E-state index contributed by atoms with van der Waals surface area (Å²) in [6.07, 6.45) is 0. The Morgan fingerprint density at radius 1 is 1.07 bits per heavy atom. The quantitative estimate of drug-likeness (QED) is 0.647. The fourth-order valence-electron chi connectivity index (χ4n) is 2.88. The normalized spacial score (nSPS) is 14.9. The molecule has 9 nitrogen and oxygen atoms in total. The Balaban J connectivity index is 1.61. The van der Waals surface area contributed by atoms with Crippen molar-refractivity contribution in [2.24, 2.45) is 5.73 Å². The molecule has 1 fully saturated rings. The molecule has 29 heavy (non-hydrogen) atoms. The van der Waals surface area contributed by atoms with Gasteiger partial charge in [-0.3, -0.25) is 4.79 Å². The average Bonchev–Trinajstić information content (AvgIpc) is 2.72. The van der Waals surface area contributed by atoms with Crippen molar-refractivity contribution in [2.75, 3.05) is 31.6 Å². The number of anilines is 1. The number of nitrogens with zero attached hydrogens (tertiary/aromatic N) is 1. The SMILES string of the molecule is NC(=O)Nc1cccc(C(=O)NCc2ccc(S(=O)(=O)N3CCOCC3)cc2)c1. The number of nitrogens with one attached hydrogen (secondary N) is 2. The number of primary amides is 1. The van der Waals surface area contributed by atoms with Crippen molar-refractivity contribution in [3.63, 3.8) is 0 Å². The minimum atomic E-state index is -3.55. The largest absolute Gasteiger partial charge is 0.379 e. The van der Waals surface area contributed by atoms with Crippen LogP contribution in [0.1, 0.15) is 15.9 Å². The fraction of sp³-hybridized carbons (Fsp3) is 0.263. The number of nitrogens with two attached hydrogens (primary N) is 1. The minimum Gasteiger partial charge on any atom is -0.379 e. The number of carbonyl (C=O) groups is 2. The molecule has 2 aromatic carbocycles. The van der Waals surface area contributed by atoms with Crippen LogP contribution in [-0.4, -0.2) is 51.0 Å². The summed E-state index contributed by atoms with van der Waals surface area (Å²) in [7, 11) is -3.55. The summed E-state index contributed by atoms with van der Waals surface area (Å²) in [5.41, 5.74) is 6.61. The number of ether oxygens (including phenoxy) is 1. The van der Waals surface area contributed by atoms with E-state index in [1.54, 1.807) is 30.3 Å². The summed E-state index contributed by atoms with van der Waals surface area (Å²) in [5.74, 6) is -0.330. The second-order valence-corrected chi connectivity index (χ2v) is 8.35. The topological polar surface area (TPSA) is 131 Å². The molecule has 0 unspecified atom stereocenters. The molecule has 1 saturated heterocycles. The van der Waals surface area contributed by atoms with Crippen molar-refractivity contribution in [2.45, 2.75) is 11.4 Å². The Morgan fingerprint density at radius 2 is 1.76 bits per heavy atom. The van der Waals surface area contributed by atoms with Crippen LogP contribution >= 0.6 is 0 Å². The fourth-order valence-corrected chi connectivity index (χ4v) is 4.29. The molecule has 0 radical (unpaired) electrons. The van der Waals surface area contributed by atoms with Crippen LogP contribution in [0, 0.1) is 0 Å². The van der Waals surface area contributed by atoms with Gasteiger partial charge >= 0.3 is 6.03 Å². The van der Waals surface area contributed by atoms with Gasteiger partial charge in [-0.15, -0.1) is 0 Å². The van der Waals surface area contributed by atoms with Gasteiger partial charge in [0.1, 0.15) is 0 Å². The van der Waals surface area contributed by atoms with Gasteiger partial charge in [0.05, 0.1) is 18.1 Å². The molecule has 4 N–H and O–H groups in total. The highest BCUT2D eigenvalue weighted by Crippen LogP contribution is 2.18. The highest BCUT2D eigenvalue weighted by atomic mass is 32.2. The molecule has 1 aliphatic rings. The number of hydrogen-bond donors (Lipinski definition) is 3. The Labute approximate surface area is 168 Å².